The lowest BCUT2D eigenvalue weighted by Crippen LogP contribution is -2.28. The molecule has 0 aliphatic heterocycles. The maximum Gasteiger partial charge on any atom is 0.417 e. The SMILES string of the molecule is CS(=O)(=O)c1ccc(NC(=O)Cn2cc(C(F)(F)F)ccc2=O)cc1. The number of sulfone groups is 1. The van der Waals surface area contributed by atoms with E-state index in [0.29, 0.717) is 16.8 Å². The van der Waals surface area contributed by atoms with Crippen LogP contribution in [0.5, 0.6) is 0 Å². The van der Waals surface area contributed by atoms with Crippen molar-refractivity contribution in [2.45, 2.75) is 17.6 Å². The molecule has 10 heteroatoms. The summed E-state index contributed by atoms with van der Waals surface area (Å²) >= 11 is 0. The maximum absolute atomic E-state index is 12.7. The van der Waals surface area contributed by atoms with Crippen molar-refractivity contribution in [3.63, 3.8) is 0 Å². The van der Waals surface area contributed by atoms with Gasteiger partial charge in [0.15, 0.2) is 9.84 Å². The van der Waals surface area contributed by atoms with Crippen LogP contribution in [0, 0.1) is 0 Å². The van der Waals surface area contributed by atoms with Crippen molar-refractivity contribution < 1.29 is 26.4 Å². The minimum absolute atomic E-state index is 0.0552. The van der Waals surface area contributed by atoms with Crippen molar-refractivity contribution in [1.29, 1.82) is 0 Å². The third kappa shape index (κ3) is 4.92. The van der Waals surface area contributed by atoms with Gasteiger partial charge in [0.05, 0.1) is 10.5 Å². The Bertz CT molecular complexity index is 948. The highest BCUT2D eigenvalue weighted by Gasteiger charge is 2.31. The molecule has 0 fully saturated rings. The summed E-state index contributed by atoms with van der Waals surface area (Å²) in [5.41, 5.74) is -1.55. The van der Waals surface area contributed by atoms with Gasteiger partial charge in [0.25, 0.3) is 5.56 Å². The predicted octanol–water partition coefficient (Wildman–Crippen LogP) is 1.91. The lowest BCUT2D eigenvalue weighted by molar-refractivity contribution is -0.138. The van der Waals surface area contributed by atoms with E-state index in [9.17, 15) is 31.2 Å². The summed E-state index contributed by atoms with van der Waals surface area (Å²) in [5.74, 6) is -0.728. The summed E-state index contributed by atoms with van der Waals surface area (Å²) < 4.78 is 61.3. The summed E-state index contributed by atoms with van der Waals surface area (Å²) in [6.45, 7) is -0.615. The van der Waals surface area contributed by atoms with Gasteiger partial charge in [-0.1, -0.05) is 0 Å². The molecule has 1 amide bonds. The van der Waals surface area contributed by atoms with Gasteiger partial charge in [-0.25, -0.2) is 8.42 Å². The van der Waals surface area contributed by atoms with Gasteiger partial charge >= 0.3 is 6.18 Å². The van der Waals surface area contributed by atoms with Gasteiger partial charge in [-0.2, -0.15) is 13.2 Å². The number of pyridine rings is 1. The van der Waals surface area contributed by atoms with Crippen molar-refractivity contribution in [2.24, 2.45) is 0 Å². The van der Waals surface area contributed by atoms with Crippen molar-refractivity contribution in [3.05, 3.63) is 58.5 Å². The number of anilines is 1. The second-order valence-corrected chi connectivity index (χ2v) is 7.24. The first-order valence-electron chi connectivity index (χ1n) is 6.84. The van der Waals surface area contributed by atoms with Crippen LogP contribution in [0.4, 0.5) is 18.9 Å². The molecule has 1 N–H and O–H groups in total. The van der Waals surface area contributed by atoms with Gasteiger partial charge in [-0.15, -0.1) is 0 Å². The van der Waals surface area contributed by atoms with E-state index in [1.54, 1.807) is 0 Å². The second-order valence-electron chi connectivity index (χ2n) is 5.23. The maximum atomic E-state index is 12.7. The molecule has 25 heavy (non-hydrogen) atoms. The molecule has 0 unspecified atom stereocenters. The Balaban J connectivity index is 2.14. The van der Waals surface area contributed by atoms with Crippen LogP contribution >= 0.6 is 0 Å². The number of benzene rings is 1. The number of nitrogens with zero attached hydrogens (tertiary/aromatic N) is 1. The molecule has 0 spiro atoms. The van der Waals surface area contributed by atoms with Gasteiger partial charge in [-0.05, 0) is 30.3 Å². The van der Waals surface area contributed by atoms with E-state index >= 15 is 0 Å². The lowest BCUT2D eigenvalue weighted by Gasteiger charge is -2.11. The van der Waals surface area contributed by atoms with Gasteiger partial charge in [0.2, 0.25) is 5.91 Å². The van der Waals surface area contributed by atoms with Crippen LogP contribution in [0.1, 0.15) is 5.56 Å². The van der Waals surface area contributed by atoms with Crippen LogP contribution < -0.4 is 10.9 Å². The number of carbonyl (C=O) groups is 1. The van der Waals surface area contributed by atoms with Crippen molar-refractivity contribution >= 4 is 21.4 Å². The van der Waals surface area contributed by atoms with E-state index < -0.39 is 39.6 Å². The van der Waals surface area contributed by atoms with Gasteiger partial charge in [0, 0.05) is 24.2 Å². The first-order valence-corrected chi connectivity index (χ1v) is 8.73. The quantitative estimate of drug-likeness (QED) is 0.886. The van der Waals surface area contributed by atoms with Gasteiger partial charge < -0.3 is 9.88 Å². The molecule has 0 bridgehead atoms. The Hall–Kier alpha value is -2.62. The molecular weight excluding hydrogens is 361 g/mol. The van der Waals surface area contributed by atoms with E-state index in [1.165, 1.54) is 24.3 Å². The number of aromatic nitrogens is 1. The monoisotopic (exact) mass is 374 g/mol. The minimum Gasteiger partial charge on any atom is -0.325 e. The fraction of sp³-hybridized carbons (Fsp3) is 0.200. The Labute approximate surface area is 140 Å². The van der Waals surface area contributed by atoms with Crippen LogP contribution in [-0.4, -0.2) is 25.1 Å². The number of hydrogen-bond donors (Lipinski definition) is 1. The molecule has 0 saturated carbocycles. The first kappa shape index (κ1) is 18.7. The molecule has 1 aromatic carbocycles. The summed E-state index contributed by atoms with van der Waals surface area (Å²) in [5, 5.41) is 2.38. The number of carbonyl (C=O) groups excluding carboxylic acids is 1. The minimum atomic E-state index is -4.63. The molecule has 0 saturated heterocycles. The average Bonchev–Trinajstić information content (AvgIpc) is 2.48. The molecule has 0 radical (unpaired) electrons. The zero-order chi connectivity index (χ0) is 18.8. The normalized spacial score (nSPS) is 12.0. The molecule has 0 atom stereocenters. The van der Waals surface area contributed by atoms with Crippen molar-refractivity contribution in [3.8, 4) is 0 Å². The van der Waals surface area contributed by atoms with Crippen molar-refractivity contribution in [2.75, 3.05) is 11.6 Å². The third-order valence-electron chi connectivity index (χ3n) is 3.19. The largest absolute Gasteiger partial charge is 0.417 e. The smallest absolute Gasteiger partial charge is 0.325 e. The zero-order valence-corrected chi connectivity index (χ0v) is 13.7. The first-order chi connectivity index (χ1) is 11.5. The summed E-state index contributed by atoms with van der Waals surface area (Å²) in [7, 11) is -3.39. The third-order valence-corrected chi connectivity index (χ3v) is 4.32. The standard InChI is InChI=1S/C15H13F3N2O4S/c1-25(23,24)12-5-3-11(4-6-12)19-13(21)9-20-8-10(15(16,17)18)2-7-14(20)22/h2-8H,9H2,1H3,(H,19,21). The van der Waals surface area contributed by atoms with E-state index in [1.807, 2.05) is 0 Å². The molecule has 0 aliphatic rings. The Morgan fingerprint density at radius 1 is 1.12 bits per heavy atom. The van der Waals surface area contributed by atoms with E-state index in [-0.39, 0.29) is 10.6 Å². The van der Waals surface area contributed by atoms with E-state index in [0.717, 1.165) is 12.3 Å². The zero-order valence-electron chi connectivity index (χ0n) is 12.9. The lowest BCUT2D eigenvalue weighted by atomic mass is 10.2. The Morgan fingerprint density at radius 3 is 2.24 bits per heavy atom. The summed E-state index contributed by atoms with van der Waals surface area (Å²) in [6, 6.07) is 6.60. The van der Waals surface area contributed by atoms with Gasteiger partial charge in [-0.3, -0.25) is 9.59 Å². The van der Waals surface area contributed by atoms with Crippen LogP contribution in [0.2, 0.25) is 0 Å². The number of halogens is 3. The number of nitrogens with one attached hydrogen (secondary N) is 1. The highest BCUT2D eigenvalue weighted by molar-refractivity contribution is 7.90. The molecule has 2 aromatic rings. The highest BCUT2D eigenvalue weighted by atomic mass is 32.2. The number of amides is 1. The Kier molecular flexibility index (Phi) is 5.02. The number of rotatable bonds is 4. The van der Waals surface area contributed by atoms with Crippen LogP contribution in [0.15, 0.2) is 52.3 Å². The topological polar surface area (TPSA) is 85.2 Å². The average molecular weight is 374 g/mol. The van der Waals surface area contributed by atoms with Crippen molar-refractivity contribution in [1.82, 2.24) is 4.57 Å². The fourth-order valence-corrected chi connectivity index (χ4v) is 2.59. The number of hydrogen-bond acceptors (Lipinski definition) is 4. The van der Waals surface area contributed by atoms with E-state index in [2.05, 4.69) is 5.32 Å². The summed E-state index contributed by atoms with van der Waals surface area (Å²) in [6.07, 6.45) is -3.04. The fourth-order valence-electron chi connectivity index (χ4n) is 1.96. The van der Waals surface area contributed by atoms with Crippen LogP contribution in [-0.2, 0) is 27.4 Å². The Morgan fingerprint density at radius 2 is 1.72 bits per heavy atom. The second kappa shape index (κ2) is 6.71. The molecular formula is C15H13F3N2O4S. The predicted molar refractivity (Wildman–Crippen MR) is 83.9 cm³/mol. The summed E-state index contributed by atoms with van der Waals surface area (Å²) in [4.78, 5) is 23.6. The van der Waals surface area contributed by atoms with Gasteiger partial charge in [0.1, 0.15) is 6.54 Å². The number of alkyl halides is 3. The highest BCUT2D eigenvalue weighted by Crippen LogP contribution is 2.28. The van der Waals surface area contributed by atoms with E-state index in [4.69, 9.17) is 0 Å². The molecule has 2 rings (SSSR count). The molecule has 1 aromatic heterocycles. The molecule has 6 nitrogen and oxygen atoms in total. The molecule has 1 heterocycles. The van der Waals surface area contributed by atoms with Crippen LogP contribution in [0.3, 0.4) is 0 Å². The van der Waals surface area contributed by atoms with Crippen LogP contribution in [0.25, 0.3) is 0 Å². The molecule has 134 valence electrons. The molecule has 0 aliphatic carbocycles.